The smallest absolute Gasteiger partial charge is 0.108 e. The summed E-state index contributed by atoms with van der Waals surface area (Å²) in [6.07, 6.45) is 6.34. The predicted octanol–water partition coefficient (Wildman–Crippen LogP) is 1.84. The zero-order valence-electron chi connectivity index (χ0n) is 10.4. The molecule has 1 N–H and O–H groups in total. The van der Waals surface area contributed by atoms with Crippen LogP contribution in [0.25, 0.3) is 0 Å². The van der Waals surface area contributed by atoms with Gasteiger partial charge in [0.2, 0.25) is 0 Å². The maximum atomic E-state index is 11.0. The highest BCUT2D eigenvalue weighted by Gasteiger charge is 2.47. The van der Waals surface area contributed by atoms with Crippen molar-refractivity contribution in [1.29, 1.82) is 0 Å². The fourth-order valence-electron chi connectivity index (χ4n) is 3.34. The van der Waals surface area contributed by atoms with Crippen LogP contribution in [0.5, 0.6) is 0 Å². The van der Waals surface area contributed by atoms with Crippen LogP contribution in [0.3, 0.4) is 0 Å². The molecule has 0 spiro atoms. The highest BCUT2D eigenvalue weighted by Crippen LogP contribution is 2.41. The van der Waals surface area contributed by atoms with Gasteiger partial charge >= 0.3 is 0 Å². The summed E-state index contributed by atoms with van der Waals surface area (Å²) >= 11 is 0. The SMILES string of the molecule is Cc1ccc(C2(O)CCN3CCCCC32)cn1. The highest BCUT2D eigenvalue weighted by molar-refractivity contribution is 5.25. The molecule has 2 unspecified atom stereocenters. The van der Waals surface area contributed by atoms with Gasteiger partial charge in [-0.1, -0.05) is 12.5 Å². The van der Waals surface area contributed by atoms with E-state index in [2.05, 4.69) is 9.88 Å². The minimum Gasteiger partial charge on any atom is -0.383 e. The van der Waals surface area contributed by atoms with E-state index in [0.717, 1.165) is 37.2 Å². The van der Waals surface area contributed by atoms with Crippen LogP contribution in [0, 0.1) is 6.92 Å². The summed E-state index contributed by atoms with van der Waals surface area (Å²) in [6, 6.07) is 4.35. The normalized spacial score (nSPS) is 33.6. The second kappa shape index (κ2) is 4.07. The monoisotopic (exact) mass is 232 g/mol. The van der Waals surface area contributed by atoms with Crippen LogP contribution in [-0.2, 0) is 5.60 Å². The first-order chi connectivity index (χ1) is 8.20. The quantitative estimate of drug-likeness (QED) is 0.802. The lowest BCUT2D eigenvalue weighted by molar-refractivity contribution is -0.0140. The number of pyridine rings is 1. The largest absolute Gasteiger partial charge is 0.383 e. The predicted molar refractivity (Wildman–Crippen MR) is 66.7 cm³/mol. The topological polar surface area (TPSA) is 36.4 Å². The zero-order chi connectivity index (χ0) is 11.9. The Bertz CT molecular complexity index is 403. The standard InChI is InChI=1S/C14H20N2O/c1-11-5-6-12(10-15-11)14(17)7-9-16-8-3-2-4-13(14)16/h5-6,10,13,17H,2-4,7-9H2,1H3. The van der Waals surface area contributed by atoms with E-state index in [-0.39, 0.29) is 0 Å². The van der Waals surface area contributed by atoms with E-state index in [1.54, 1.807) is 0 Å². The van der Waals surface area contributed by atoms with Crippen LogP contribution >= 0.6 is 0 Å². The Morgan fingerprint density at radius 3 is 3.00 bits per heavy atom. The third kappa shape index (κ3) is 1.78. The molecule has 1 aromatic rings. The third-order valence-corrected chi connectivity index (χ3v) is 4.36. The van der Waals surface area contributed by atoms with E-state index in [9.17, 15) is 5.11 Å². The number of hydrogen-bond donors (Lipinski definition) is 1. The molecular formula is C14H20N2O. The Balaban J connectivity index is 1.92. The van der Waals surface area contributed by atoms with E-state index in [1.807, 2.05) is 25.3 Å². The molecular weight excluding hydrogens is 212 g/mol. The van der Waals surface area contributed by atoms with Crippen molar-refractivity contribution in [2.45, 2.75) is 44.2 Å². The molecule has 0 aromatic carbocycles. The van der Waals surface area contributed by atoms with Crippen LogP contribution in [0.4, 0.5) is 0 Å². The molecule has 2 aliphatic rings. The molecule has 1 aromatic heterocycles. The molecule has 2 saturated heterocycles. The van der Waals surface area contributed by atoms with Gasteiger partial charge in [0.25, 0.3) is 0 Å². The van der Waals surface area contributed by atoms with E-state index in [0.29, 0.717) is 6.04 Å². The minimum atomic E-state index is -0.666. The summed E-state index contributed by atoms with van der Waals surface area (Å²) in [5.41, 5.74) is 1.34. The molecule has 3 rings (SSSR count). The van der Waals surface area contributed by atoms with Gasteiger partial charge in [-0.3, -0.25) is 9.88 Å². The van der Waals surface area contributed by atoms with Gasteiger partial charge in [-0.15, -0.1) is 0 Å². The summed E-state index contributed by atoms with van der Waals surface area (Å²) < 4.78 is 0. The second-order valence-corrected chi connectivity index (χ2v) is 5.41. The van der Waals surface area contributed by atoms with Crippen molar-refractivity contribution in [2.75, 3.05) is 13.1 Å². The molecule has 0 amide bonds. The Hall–Kier alpha value is -0.930. The number of aryl methyl sites for hydroxylation is 1. The van der Waals surface area contributed by atoms with Crippen LogP contribution in [0.15, 0.2) is 18.3 Å². The van der Waals surface area contributed by atoms with Crippen molar-refractivity contribution in [3.05, 3.63) is 29.6 Å². The molecule has 17 heavy (non-hydrogen) atoms. The van der Waals surface area contributed by atoms with Crippen molar-refractivity contribution in [3.63, 3.8) is 0 Å². The van der Waals surface area contributed by atoms with E-state index < -0.39 is 5.60 Å². The number of hydrogen-bond acceptors (Lipinski definition) is 3. The van der Waals surface area contributed by atoms with Crippen LogP contribution in [0.1, 0.15) is 36.9 Å². The fourth-order valence-corrected chi connectivity index (χ4v) is 3.34. The number of aliphatic hydroxyl groups is 1. The summed E-state index contributed by atoms with van der Waals surface area (Å²) in [6.45, 7) is 4.15. The van der Waals surface area contributed by atoms with Gasteiger partial charge in [-0.2, -0.15) is 0 Å². The molecule has 2 fully saturated rings. The molecule has 2 atom stereocenters. The van der Waals surface area contributed by atoms with Gasteiger partial charge in [0.1, 0.15) is 5.60 Å². The lowest BCUT2D eigenvalue weighted by Crippen LogP contribution is -2.45. The Labute approximate surface area is 102 Å². The molecule has 0 saturated carbocycles. The van der Waals surface area contributed by atoms with Gasteiger partial charge in [0.15, 0.2) is 0 Å². The average molecular weight is 232 g/mol. The van der Waals surface area contributed by atoms with Gasteiger partial charge in [0, 0.05) is 30.0 Å². The Kier molecular flexibility index (Phi) is 2.68. The molecule has 2 aliphatic heterocycles. The van der Waals surface area contributed by atoms with Gasteiger partial charge in [-0.25, -0.2) is 0 Å². The lowest BCUT2D eigenvalue weighted by atomic mass is 9.83. The Morgan fingerprint density at radius 2 is 2.24 bits per heavy atom. The molecule has 0 bridgehead atoms. The minimum absolute atomic E-state index is 0.306. The number of nitrogens with zero attached hydrogens (tertiary/aromatic N) is 2. The molecule has 3 nitrogen and oxygen atoms in total. The maximum absolute atomic E-state index is 11.0. The highest BCUT2D eigenvalue weighted by atomic mass is 16.3. The van der Waals surface area contributed by atoms with E-state index in [4.69, 9.17) is 0 Å². The van der Waals surface area contributed by atoms with Gasteiger partial charge < -0.3 is 5.11 Å². The average Bonchev–Trinajstić information content (AvgIpc) is 2.70. The number of rotatable bonds is 1. The number of piperidine rings is 1. The van der Waals surface area contributed by atoms with Crippen LogP contribution in [0.2, 0.25) is 0 Å². The first-order valence-corrected chi connectivity index (χ1v) is 6.60. The molecule has 0 radical (unpaired) electrons. The van der Waals surface area contributed by atoms with Crippen molar-refractivity contribution in [1.82, 2.24) is 9.88 Å². The van der Waals surface area contributed by atoms with Crippen molar-refractivity contribution >= 4 is 0 Å². The zero-order valence-corrected chi connectivity index (χ0v) is 10.4. The van der Waals surface area contributed by atoms with Crippen LogP contribution < -0.4 is 0 Å². The molecule has 92 valence electrons. The Morgan fingerprint density at radius 1 is 1.35 bits per heavy atom. The van der Waals surface area contributed by atoms with Gasteiger partial charge in [-0.05, 0) is 38.8 Å². The van der Waals surface area contributed by atoms with Crippen molar-refractivity contribution in [3.8, 4) is 0 Å². The first-order valence-electron chi connectivity index (χ1n) is 6.60. The van der Waals surface area contributed by atoms with E-state index >= 15 is 0 Å². The summed E-state index contributed by atoms with van der Waals surface area (Å²) in [5, 5.41) is 11.0. The van der Waals surface area contributed by atoms with E-state index in [1.165, 1.54) is 12.8 Å². The molecule has 3 heteroatoms. The summed E-state index contributed by atoms with van der Waals surface area (Å²) in [4.78, 5) is 6.78. The summed E-state index contributed by atoms with van der Waals surface area (Å²) in [7, 11) is 0. The first kappa shape index (κ1) is 11.2. The van der Waals surface area contributed by atoms with Crippen molar-refractivity contribution in [2.24, 2.45) is 0 Å². The lowest BCUT2D eigenvalue weighted by Gasteiger charge is -2.37. The van der Waals surface area contributed by atoms with Crippen LogP contribution in [-0.4, -0.2) is 34.1 Å². The summed E-state index contributed by atoms with van der Waals surface area (Å²) in [5.74, 6) is 0. The van der Waals surface area contributed by atoms with Gasteiger partial charge in [0.05, 0.1) is 0 Å². The number of fused-ring (bicyclic) bond motifs is 1. The molecule has 3 heterocycles. The number of aromatic nitrogens is 1. The molecule has 0 aliphatic carbocycles. The fraction of sp³-hybridized carbons (Fsp3) is 0.643. The maximum Gasteiger partial charge on any atom is 0.108 e. The third-order valence-electron chi connectivity index (χ3n) is 4.36. The van der Waals surface area contributed by atoms with Crippen molar-refractivity contribution < 1.29 is 5.11 Å². The second-order valence-electron chi connectivity index (χ2n) is 5.41.